The molecule has 1 amide bonds. The van der Waals surface area contributed by atoms with Crippen LogP contribution in [0.3, 0.4) is 0 Å². The molecule has 0 saturated carbocycles. The summed E-state index contributed by atoms with van der Waals surface area (Å²) in [6.07, 6.45) is 1.67. The molecule has 1 aliphatic rings. The highest BCUT2D eigenvalue weighted by atomic mass is 79.9. The fourth-order valence-corrected chi connectivity index (χ4v) is 2.80. The lowest BCUT2D eigenvalue weighted by molar-refractivity contribution is -0.384. The van der Waals surface area contributed by atoms with Crippen LogP contribution in [0.2, 0.25) is 0 Å². The maximum Gasteiger partial charge on any atom is 0.270 e. The molecule has 0 aliphatic carbocycles. The highest BCUT2D eigenvalue weighted by Crippen LogP contribution is 2.38. The first-order valence-corrected chi connectivity index (χ1v) is 7.33. The van der Waals surface area contributed by atoms with E-state index < -0.39 is 4.92 Å². The smallest absolute Gasteiger partial charge is 0.270 e. The Kier molecular flexibility index (Phi) is 3.54. The van der Waals surface area contributed by atoms with Crippen molar-refractivity contribution in [2.75, 3.05) is 5.32 Å². The van der Waals surface area contributed by atoms with E-state index in [0.29, 0.717) is 11.1 Å². The minimum Gasteiger partial charge on any atom is -0.321 e. The number of carbonyl (C=O) groups is 1. The number of carbonyl (C=O) groups excluding carboxylic acids is 1. The molecule has 22 heavy (non-hydrogen) atoms. The van der Waals surface area contributed by atoms with Gasteiger partial charge in [0.25, 0.3) is 11.6 Å². The Labute approximate surface area is 134 Å². The van der Waals surface area contributed by atoms with Crippen LogP contribution < -0.4 is 5.32 Å². The van der Waals surface area contributed by atoms with Gasteiger partial charge in [-0.05, 0) is 36.3 Å². The molecular formula is C16H11BrN2O3. The van der Waals surface area contributed by atoms with Gasteiger partial charge in [-0.1, -0.05) is 28.1 Å². The van der Waals surface area contributed by atoms with E-state index in [1.54, 1.807) is 18.2 Å². The molecule has 3 rings (SSSR count). The minimum absolute atomic E-state index is 0.000979. The van der Waals surface area contributed by atoms with Crippen LogP contribution in [0, 0.1) is 17.0 Å². The number of non-ortho nitro benzene ring substituents is 1. The number of halogens is 1. The molecule has 2 aromatic carbocycles. The molecule has 0 atom stereocenters. The van der Waals surface area contributed by atoms with Crippen molar-refractivity contribution in [3.63, 3.8) is 0 Å². The molecule has 6 heteroatoms. The molecule has 1 heterocycles. The summed E-state index contributed by atoms with van der Waals surface area (Å²) in [6, 6.07) is 9.92. The first-order valence-electron chi connectivity index (χ1n) is 6.54. The summed E-state index contributed by atoms with van der Waals surface area (Å²) in [7, 11) is 0. The molecule has 0 fully saturated rings. The molecule has 1 N–H and O–H groups in total. The molecule has 2 aromatic rings. The van der Waals surface area contributed by atoms with Crippen LogP contribution in [-0.2, 0) is 4.79 Å². The van der Waals surface area contributed by atoms with Crippen LogP contribution in [-0.4, -0.2) is 10.8 Å². The third-order valence-electron chi connectivity index (χ3n) is 3.55. The van der Waals surface area contributed by atoms with Crippen molar-refractivity contribution in [2.45, 2.75) is 6.92 Å². The Morgan fingerprint density at radius 2 is 2.05 bits per heavy atom. The van der Waals surface area contributed by atoms with Crippen molar-refractivity contribution in [1.29, 1.82) is 0 Å². The third-order valence-corrected chi connectivity index (χ3v) is 4.41. The molecule has 5 nitrogen and oxygen atoms in total. The van der Waals surface area contributed by atoms with Gasteiger partial charge in [-0.15, -0.1) is 0 Å². The molecule has 0 saturated heterocycles. The standard InChI is InChI=1S/C16H11BrN2O3/c1-9-13(17)5-6-14-15(9)12(16(20)18-14)8-10-3-2-4-11(7-10)19(21)22/h2-8H,1H3,(H,18,20). The predicted molar refractivity (Wildman–Crippen MR) is 88.5 cm³/mol. The number of nitro groups is 1. The highest BCUT2D eigenvalue weighted by Gasteiger charge is 2.26. The van der Waals surface area contributed by atoms with E-state index in [0.717, 1.165) is 21.3 Å². The lowest BCUT2D eigenvalue weighted by atomic mass is 9.99. The van der Waals surface area contributed by atoms with E-state index >= 15 is 0 Å². The largest absolute Gasteiger partial charge is 0.321 e. The van der Waals surface area contributed by atoms with Crippen molar-refractivity contribution < 1.29 is 9.72 Å². The molecule has 0 spiro atoms. The average molecular weight is 359 g/mol. The monoisotopic (exact) mass is 358 g/mol. The molecule has 0 bridgehead atoms. The van der Waals surface area contributed by atoms with Gasteiger partial charge in [0.2, 0.25) is 0 Å². The van der Waals surface area contributed by atoms with Crippen LogP contribution in [0.15, 0.2) is 40.9 Å². The van der Waals surface area contributed by atoms with Crippen LogP contribution in [0.4, 0.5) is 11.4 Å². The number of benzene rings is 2. The Morgan fingerprint density at radius 3 is 2.77 bits per heavy atom. The quantitative estimate of drug-likeness (QED) is 0.497. The second kappa shape index (κ2) is 5.38. The summed E-state index contributed by atoms with van der Waals surface area (Å²) in [5, 5.41) is 13.7. The fraction of sp³-hybridized carbons (Fsp3) is 0.0625. The van der Waals surface area contributed by atoms with Crippen molar-refractivity contribution in [1.82, 2.24) is 0 Å². The lowest BCUT2D eigenvalue weighted by Gasteiger charge is -2.06. The maximum atomic E-state index is 12.2. The van der Waals surface area contributed by atoms with E-state index in [2.05, 4.69) is 21.2 Å². The summed E-state index contributed by atoms with van der Waals surface area (Å²) in [5.41, 5.74) is 3.65. The molecule has 0 unspecified atom stereocenters. The number of fused-ring (bicyclic) bond motifs is 1. The summed E-state index contributed by atoms with van der Waals surface area (Å²) in [6.45, 7) is 1.92. The van der Waals surface area contributed by atoms with E-state index in [4.69, 9.17) is 0 Å². The van der Waals surface area contributed by atoms with Crippen LogP contribution in [0.5, 0.6) is 0 Å². The molecular weight excluding hydrogens is 348 g/mol. The summed E-state index contributed by atoms with van der Waals surface area (Å²) >= 11 is 3.46. The minimum atomic E-state index is -0.452. The van der Waals surface area contributed by atoms with Crippen LogP contribution in [0.1, 0.15) is 16.7 Å². The van der Waals surface area contributed by atoms with Gasteiger partial charge in [-0.25, -0.2) is 0 Å². The van der Waals surface area contributed by atoms with Crippen molar-refractivity contribution in [2.24, 2.45) is 0 Å². The first-order chi connectivity index (χ1) is 10.5. The number of anilines is 1. The van der Waals surface area contributed by atoms with E-state index in [1.165, 1.54) is 12.1 Å². The third kappa shape index (κ3) is 2.42. The van der Waals surface area contributed by atoms with Gasteiger partial charge in [-0.2, -0.15) is 0 Å². The maximum absolute atomic E-state index is 12.2. The number of hydrogen-bond acceptors (Lipinski definition) is 3. The van der Waals surface area contributed by atoms with Crippen LogP contribution in [0.25, 0.3) is 11.6 Å². The van der Waals surface area contributed by atoms with Gasteiger partial charge in [0.05, 0.1) is 4.92 Å². The topological polar surface area (TPSA) is 72.2 Å². The van der Waals surface area contributed by atoms with Gasteiger partial charge in [0, 0.05) is 33.4 Å². The zero-order valence-corrected chi connectivity index (χ0v) is 13.2. The normalized spacial score (nSPS) is 14.8. The Hall–Kier alpha value is -2.47. The second-order valence-electron chi connectivity index (χ2n) is 4.96. The summed E-state index contributed by atoms with van der Waals surface area (Å²) < 4.78 is 0.910. The molecule has 0 radical (unpaired) electrons. The van der Waals surface area contributed by atoms with E-state index in [1.807, 2.05) is 19.1 Å². The lowest BCUT2D eigenvalue weighted by Crippen LogP contribution is -2.03. The number of nitrogens with zero attached hydrogens (tertiary/aromatic N) is 1. The van der Waals surface area contributed by atoms with Crippen molar-refractivity contribution in [3.05, 3.63) is 67.7 Å². The number of hydrogen-bond donors (Lipinski definition) is 1. The SMILES string of the molecule is Cc1c(Br)ccc2c1C(=Cc1cccc([N+](=O)[O-])c1)C(=O)N2. The van der Waals surface area contributed by atoms with Crippen LogP contribution >= 0.6 is 15.9 Å². The van der Waals surface area contributed by atoms with Gasteiger partial charge in [0.1, 0.15) is 0 Å². The molecule has 1 aliphatic heterocycles. The summed E-state index contributed by atoms with van der Waals surface area (Å²) in [4.78, 5) is 22.6. The highest BCUT2D eigenvalue weighted by molar-refractivity contribution is 9.10. The Morgan fingerprint density at radius 1 is 1.27 bits per heavy atom. The van der Waals surface area contributed by atoms with Gasteiger partial charge in [0.15, 0.2) is 0 Å². The van der Waals surface area contributed by atoms with Crippen molar-refractivity contribution >= 4 is 44.9 Å². The average Bonchev–Trinajstić information content (AvgIpc) is 2.80. The zero-order chi connectivity index (χ0) is 15.9. The number of nitro benzene ring substituents is 1. The Balaban J connectivity index is 2.14. The van der Waals surface area contributed by atoms with E-state index in [9.17, 15) is 14.9 Å². The number of nitrogens with one attached hydrogen (secondary N) is 1. The molecule has 110 valence electrons. The summed E-state index contributed by atoms with van der Waals surface area (Å²) in [5.74, 6) is -0.206. The van der Waals surface area contributed by atoms with Gasteiger partial charge >= 0.3 is 0 Å². The Bertz CT molecular complexity index is 843. The zero-order valence-electron chi connectivity index (χ0n) is 11.6. The number of rotatable bonds is 2. The fourth-order valence-electron chi connectivity index (χ4n) is 2.47. The first kappa shape index (κ1) is 14.5. The molecule has 0 aromatic heterocycles. The predicted octanol–water partition coefficient (Wildman–Crippen LogP) is 4.16. The van der Waals surface area contributed by atoms with Gasteiger partial charge < -0.3 is 5.32 Å². The van der Waals surface area contributed by atoms with Gasteiger partial charge in [-0.3, -0.25) is 14.9 Å². The van der Waals surface area contributed by atoms with Crippen molar-refractivity contribution in [3.8, 4) is 0 Å². The van der Waals surface area contributed by atoms with E-state index in [-0.39, 0.29) is 11.6 Å². The number of amides is 1. The second-order valence-corrected chi connectivity index (χ2v) is 5.81.